The summed E-state index contributed by atoms with van der Waals surface area (Å²) in [6.07, 6.45) is 1.49. The van der Waals surface area contributed by atoms with Crippen molar-refractivity contribution in [1.29, 1.82) is 0 Å². The third-order valence-corrected chi connectivity index (χ3v) is 1.96. The first-order chi connectivity index (χ1) is 8.51. The molecule has 0 saturated heterocycles. The van der Waals surface area contributed by atoms with Gasteiger partial charge >= 0.3 is 0 Å². The summed E-state index contributed by atoms with van der Waals surface area (Å²) in [6, 6.07) is 1.68. The van der Waals surface area contributed by atoms with E-state index >= 15 is 0 Å². The maximum Gasteiger partial charge on any atom is 0.285 e. The van der Waals surface area contributed by atoms with Crippen molar-refractivity contribution in [3.63, 3.8) is 0 Å². The van der Waals surface area contributed by atoms with Crippen molar-refractivity contribution >= 4 is 23.8 Å². The van der Waals surface area contributed by atoms with Crippen molar-refractivity contribution in [3.05, 3.63) is 43.5 Å². The first-order valence-electron chi connectivity index (χ1n) is 4.33. The van der Waals surface area contributed by atoms with E-state index < -0.39 is 21.2 Å². The summed E-state index contributed by atoms with van der Waals surface area (Å²) >= 11 is 0. The monoisotopic (exact) mass is 254 g/mol. The van der Waals surface area contributed by atoms with E-state index in [1.165, 1.54) is 0 Å². The molecule has 0 spiro atoms. The van der Waals surface area contributed by atoms with Crippen LogP contribution in [0.3, 0.4) is 0 Å². The molecule has 10 nitrogen and oxygen atoms in total. The van der Waals surface area contributed by atoms with Crippen LogP contribution in [0.2, 0.25) is 0 Å². The normalized spacial score (nSPS) is 11.1. The van der Waals surface area contributed by atoms with Crippen molar-refractivity contribution in [2.75, 3.05) is 0 Å². The minimum Gasteiger partial charge on any atom is -0.411 e. The van der Waals surface area contributed by atoms with Crippen molar-refractivity contribution in [1.82, 2.24) is 0 Å². The van der Waals surface area contributed by atoms with Crippen LogP contribution in [0.25, 0.3) is 0 Å². The number of hydrogen-bond donors (Lipinski definition) is 2. The number of hydrogen-bond acceptors (Lipinski definition) is 8. The first kappa shape index (κ1) is 13.0. The van der Waals surface area contributed by atoms with Crippen molar-refractivity contribution < 1.29 is 20.3 Å². The molecular weight excluding hydrogens is 248 g/mol. The zero-order chi connectivity index (χ0) is 13.7. The van der Waals surface area contributed by atoms with Gasteiger partial charge in [0, 0.05) is 0 Å². The molecule has 94 valence electrons. The van der Waals surface area contributed by atoms with Crippen molar-refractivity contribution in [2.24, 2.45) is 10.3 Å². The van der Waals surface area contributed by atoms with Crippen LogP contribution in [0.4, 0.5) is 11.4 Å². The quantitative estimate of drug-likeness (QED) is 0.355. The van der Waals surface area contributed by atoms with Crippen LogP contribution < -0.4 is 0 Å². The van der Waals surface area contributed by atoms with E-state index in [1.807, 2.05) is 0 Å². The van der Waals surface area contributed by atoms with Crippen LogP contribution in [0.5, 0.6) is 0 Å². The number of rotatable bonds is 4. The number of oxime groups is 2. The van der Waals surface area contributed by atoms with Gasteiger partial charge in [0.15, 0.2) is 0 Å². The Morgan fingerprint density at radius 2 is 1.33 bits per heavy atom. The van der Waals surface area contributed by atoms with E-state index in [2.05, 4.69) is 10.3 Å². The SMILES string of the molecule is O=[N+]([O-])c1cc([N+](=O)[O-])c(/C=N/O)cc1/C=N\O. The average molecular weight is 254 g/mol. The van der Waals surface area contributed by atoms with E-state index in [0.29, 0.717) is 6.07 Å². The topological polar surface area (TPSA) is 151 Å². The lowest BCUT2D eigenvalue weighted by Crippen LogP contribution is -2.01. The zero-order valence-electron chi connectivity index (χ0n) is 8.63. The fourth-order valence-corrected chi connectivity index (χ4v) is 1.26. The number of nitrogens with zero attached hydrogens (tertiary/aromatic N) is 4. The van der Waals surface area contributed by atoms with Gasteiger partial charge < -0.3 is 10.4 Å². The summed E-state index contributed by atoms with van der Waals surface area (Å²) in [4.78, 5) is 19.7. The molecule has 0 fully saturated rings. The maximum atomic E-state index is 10.7. The summed E-state index contributed by atoms with van der Waals surface area (Å²) in [7, 11) is 0. The van der Waals surface area contributed by atoms with E-state index in [9.17, 15) is 20.2 Å². The molecule has 0 saturated carbocycles. The Labute approximate surface area is 98.8 Å². The van der Waals surface area contributed by atoms with Gasteiger partial charge in [0.25, 0.3) is 11.4 Å². The predicted octanol–water partition coefficient (Wildman–Crippen LogP) is 1.12. The summed E-state index contributed by atoms with van der Waals surface area (Å²) in [5.74, 6) is 0. The smallest absolute Gasteiger partial charge is 0.285 e. The molecule has 2 N–H and O–H groups in total. The van der Waals surface area contributed by atoms with Gasteiger partial charge in [-0.15, -0.1) is 0 Å². The maximum absolute atomic E-state index is 10.7. The second kappa shape index (κ2) is 5.34. The standard InChI is InChI=1S/C8H6N4O6/c13-9-3-5-1-6(4-10-14)8(12(17)18)2-7(5)11(15)16/h1-4,13-14H/b9-3-,10-4+. The predicted molar refractivity (Wildman–Crippen MR) is 58.5 cm³/mol. The molecule has 0 radical (unpaired) electrons. The van der Waals surface area contributed by atoms with Gasteiger partial charge in [0.05, 0.1) is 39.5 Å². The second-order valence-electron chi connectivity index (χ2n) is 2.97. The molecule has 0 unspecified atom stereocenters. The third-order valence-electron chi connectivity index (χ3n) is 1.96. The Hall–Kier alpha value is -3.04. The van der Waals surface area contributed by atoms with Crippen LogP contribution >= 0.6 is 0 Å². The highest BCUT2D eigenvalue weighted by molar-refractivity contribution is 5.93. The highest BCUT2D eigenvalue weighted by atomic mass is 16.6. The highest BCUT2D eigenvalue weighted by Gasteiger charge is 2.23. The Morgan fingerprint density at radius 3 is 1.61 bits per heavy atom. The average Bonchev–Trinajstić information content (AvgIpc) is 2.29. The Balaban J connectivity index is 3.59. The summed E-state index contributed by atoms with van der Waals surface area (Å²) in [6.45, 7) is 0. The van der Waals surface area contributed by atoms with E-state index in [1.54, 1.807) is 0 Å². The number of nitro groups is 2. The molecule has 1 rings (SSSR count). The molecule has 0 bridgehead atoms. The van der Waals surface area contributed by atoms with E-state index in [4.69, 9.17) is 10.4 Å². The van der Waals surface area contributed by atoms with Gasteiger partial charge in [-0.2, -0.15) is 0 Å². The van der Waals surface area contributed by atoms with Gasteiger partial charge in [0.2, 0.25) is 0 Å². The van der Waals surface area contributed by atoms with Crippen LogP contribution in [0.1, 0.15) is 11.1 Å². The molecule has 0 aliphatic heterocycles. The van der Waals surface area contributed by atoms with Gasteiger partial charge in [-0.3, -0.25) is 20.2 Å². The molecule has 0 heterocycles. The largest absolute Gasteiger partial charge is 0.411 e. The second-order valence-corrected chi connectivity index (χ2v) is 2.97. The van der Waals surface area contributed by atoms with Crippen molar-refractivity contribution in [3.8, 4) is 0 Å². The molecule has 1 aromatic carbocycles. The molecule has 0 aromatic heterocycles. The summed E-state index contributed by atoms with van der Waals surface area (Å²) in [5, 5.41) is 43.3. The highest BCUT2D eigenvalue weighted by Crippen LogP contribution is 2.27. The first-order valence-corrected chi connectivity index (χ1v) is 4.33. The molecule has 0 aliphatic rings. The lowest BCUT2D eigenvalue weighted by molar-refractivity contribution is -0.394. The number of nitro benzene ring substituents is 2. The fraction of sp³-hybridized carbons (Fsp3) is 0. The molecule has 18 heavy (non-hydrogen) atoms. The molecule has 10 heteroatoms. The number of benzene rings is 1. The van der Waals surface area contributed by atoms with Crippen LogP contribution in [-0.4, -0.2) is 32.7 Å². The van der Waals surface area contributed by atoms with Gasteiger partial charge in [-0.25, -0.2) is 0 Å². The van der Waals surface area contributed by atoms with Gasteiger partial charge in [-0.1, -0.05) is 10.3 Å². The zero-order valence-corrected chi connectivity index (χ0v) is 8.63. The minimum atomic E-state index is -0.857. The Kier molecular flexibility index (Phi) is 3.86. The lowest BCUT2D eigenvalue weighted by atomic mass is 10.1. The van der Waals surface area contributed by atoms with E-state index in [0.717, 1.165) is 18.5 Å². The van der Waals surface area contributed by atoms with Crippen molar-refractivity contribution in [2.45, 2.75) is 0 Å². The van der Waals surface area contributed by atoms with Gasteiger partial charge in [0.1, 0.15) is 0 Å². The van der Waals surface area contributed by atoms with E-state index in [-0.39, 0.29) is 11.1 Å². The summed E-state index contributed by atoms with van der Waals surface area (Å²) in [5.41, 5.74) is -1.53. The Bertz CT molecular complexity index is 508. The molecule has 1 aromatic rings. The molecular formula is C8H6N4O6. The molecule has 0 aliphatic carbocycles. The van der Waals surface area contributed by atoms with Crippen LogP contribution in [0, 0.1) is 20.2 Å². The Morgan fingerprint density at radius 1 is 0.944 bits per heavy atom. The van der Waals surface area contributed by atoms with Gasteiger partial charge in [-0.05, 0) is 6.07 Å². The summed E-state index contributed by atoms with van der Waals surface area (Å²) < 4.78 is 0. The van der Waals surface area contributed by atoms with Crippen LogP contribution in [-0.2, 0) is 0 Å². The minimum absolute atomic E-state index is 0.164. The molecule has 0 amide bonds. The molecule has 0 atom stereocenters. The third kappa shape index (κ3) is 2.55. The van der Waals surface area contributed by atoms with Crippen LogP contribution in [0.15, 0.2) is 22.4 Å². The fourth-order valence-electron chi connectivity index (χ4n) is 1.26. The lowest BCUT2D eigenvalue weighted by Gasteiger charge is -2.00.